The number of aldehydes is 1. The molecule has 0 fully saturated rings. The summed E-state index contributed by atoms with van der Waals surface area (Å²) in [4.78, 5) is 10.8. The molecule has 0 amide bonds. The maximum Gasteiger partial charge on any atom is 0.236 e. The van der Waals surface area contributed by atoms with E-state index in [1.807, 2.05) is 19.1 Å². The SMILES string of the molecule is Cc1ccc2c(c1)cc(C=O)n2S(C)(=O)=O. The molecular formula is C11H11NO3S. The molecule has 0 saturated carbocycles. The molecule has 0 bridgehead atoms. The summed E-state index contributed by atoms with van der Waals surface area (Å²) in [5.74, 6) is 0. The Bertz CT molecular complexity index is 668. The summed E-state index contributed by atoms with van der Waals surface area (Å²) >= 11 is 0. The average Bonchev–Trinajstić information content (AvgIpc) is 2.54. The predicted molar refractivity (Wildman–Crippen MR) is 62.3 cm³/mol. The molecule has 5 heteroatoms. The number of carbonyl (C=O) groups is 1. The Morgan fingerprint density at radius 3 is 2.50 bits per heavy atom. The van der Waals surface area contributed by atoms with Crippen LogP contribution in [0.4, 0.5) is 0 Å². The van der Waals surface area contributed by atoms with Crippen LogP contribution in [-0.4, -0.2) is 24.9 Å². The van der Waals surface area contributed by atoms with Crippen LogP contribution in [-0.2, 0) is 10.0 Å². The average molecular weight is 237 g/mol. The Balaban J connectivity index is 2.95. The van der Waals surface area contributed by atoms with Crippen LogP contribution in [0, 0.1) is 6.92 Å². The van der Waals surface area contributed by atoms with Crippen molar-refractivity contribution in [3.05, 3.63) is 35.5 Å². The highest BCUT2D eigenvalue weighted by molar-refractivity contribution is 7.89. The van der Waals surface area contributed by atoms with Crippen LogP contribution < -0.4 is 0 Å². The fourth-order valence-corrected chi connectivity index (χ4v) is 2.79. The summed E-state index contributed by atoms with van der Waals surface area (Å²) in [6.07, 6.45) is 1.63. The number of aryl methyl sites for hydroxylation is 1. The molecule has 0 saturated heterocycles. The van der Waals surface area contributed by atoms with Crippen LogP contribution >= 0.6 is 0 Å². The second kappa shape index (κ2) is 3.45. The van der Waals surface area contributed by atoms with E-state index in [0.29, 0.717) is 11.8 Å². The van der Waals surface area contributed by atoms with Crippen molar-refractivity contribution in [2.75, 3.05) is 6.26 Å². The predicted octanol–water partition coefficient (Wildman–Crippen LogP) is 1.57. The Morgan fingerprint density at radius 2 is 1.94 bits per heavy atom. The van der Waals surface area contributed by atoms with Gasteiger partial charge in [0.25, 0.3) is 0 Å². The highest BCUT2D eigenvalue weighted by atomic mass is 32.2. The van der Waals surface area contributed by atoms with Crippen molar-refractivity contribution in [2.45, 2.75) is 6.92 Å². The lowest BCUT2D eigenvalue weighted by molar-refractivity contribution is 0.111. The molecule has 0 N–H and O–H groups in total. The minimum absolute atomic E-state index is 0.156. The van der Waals surface area contributed by atoms with Crippen molar-refractivity contribution in [3.8, 4) is 0 Å². The van der Waals surface area contributed by atoms with Crippen molar-refractivity contribution >= 4 is 27.2 Å². The lowest BCUT2D eigenvalue weighted by Crippen LogP contribution is -2.12. The molecule has 16 heavy (non-hydrogen) atoms. The fourth-order valence-electron chi connectivity index (χ4n) is 1.78. The van der Waals surface area contributed by atoms with Gasteiger partial charge in [-0.25, -0.2) is 12.4 Å². The van der Waals surface area contributed by atoms with Crippen LogP contribution in [0.5, 0.6) is 0 Å². The molecule has 4 nitrogen and oxygen atoms in total. The zero-order valence-corrected chi connectivity index (χ0v) is 9.78. The molecule has 0 radical (unpaired) electrons. The van der Waals surface area contributed by atoms with Crippen LogP contribution in [0.3, 0.4) is 0 Å². The van der Waals surface area contributed by atoms with E-state index in [0.717, 1.165) is 21.2 Å². The van der Waals surface area contributed by atoms with E-state index in [9.17, 15) is 13.2 Å². The maximum absolute atomic E-state index is 11.6. The van der Waals surface area contributed by atoms with Gasteiger partial charge in [0.15, 0.2) is 6.29 Å². The molecule has 2 rings (SSSR count). The van der Waals surface area contributed by atoms with Crippen molar-refractivity contribution in [1.29, 1.82) is 0 Å². The van der Waals surface area contributed by atoms with Crippen LogP contribution in [0.25, 0.3) is 10.9 Å². The van der Waals surface area contributed by atoms with E-state index < -0.39 is 10.0 Å². The molecule has 1 aromatic heterocycles. The fraction of sp³-hybridized carbons (Fsp3) is 0.182. The number of aromatic nitrogens is 1. The summed E-state index contributed by atoms with van der Waals surface area (Å²) in [6.45, 7) is 1.91. The number of benzene rings is 1. The lowest BCUT2D eigenvalue weighted by atomic mass is 10.2. The van der Waals surface area contributed by atoms with Gasteiger partial charge in [-0.3, -0.25) is 4.79 Å². The van der Waals surface area contributed by atoms with Crippen molar-refractivity contribution in [3.63, 3.8) is 0 Å². The third kappa shape index (κ3) is 1.63. The molecular weight excluding hydrogens is 226 g/mol. The zero-order chi connectivity index (χ0) is 11.9. The molecule has 1 heterocycles. The Morgan fingerprint density at radius 1 is 1.25 bits per heavy atom. The Kier molecular flexibility index (Phi) is 2.35. The number of hydrogen-bond donors (Lipinski definition) is 0. The molecule has 0 spiro atoms. The lowest BCUT2D eigenvalue weighted by Gasteiger charge is -2.03. The quantitative estimate of drug-likeness (QED) is 0.745. The highest BCUT2D eigenvalue weighted by Crippen LogP contribution is 2.21. The summed E-state index contributed by atoms with van der Waals surface area (Å²) in [6, 6.07) is 6.96. The van der Waals surface area contributed by atoms with Crippen LogP contribution in [0.2, 0.25) is 0 Å². The van der Waals surface area contributed by atoms with Gasteiger partial charge >= 0.3 is 0 Å². The number of fused-ring (bicyclic) bond motifs is 1. The van der Waals surface area contributed by atoms with E-state index in [2.05, 4.69) is 0 Å². The second-order valence-electron chi connectivity index (χ2n) is 3.78. The van der Waals surface area contributed by atoms with E-state index in [1.165, 1.54) is 0 Å². The molecule has 0 unspecified atom stereocenters. The number of nitrogens with zero attached hydrogens (tertiary/aromatic N) is 1. The highest BCUT2D eigenvalue weighted by Gasteiger charge is 2.15. The first-order valence-electron chi connectivity index (χ1n) is 4.71. The third-order valence-corrected chi connectivity index (χ3v) is 3.46. The van der Waals surface area contributed by atoms with Crippen LogP contribution in [0.1, 0.15) is 16.1 Å². The van der Waals surface area contributed by atoms with Crippen molar-refractivity contribution in [1.82, 2.24) is 3.97 Å². The van der Waals surface area contributed by atoms with Crippen molar-refractivity contribution in [2.24, 2.45) is 0 Å². The summed E-state index contributed by atoms with van der Waals surface area (Å²) in [5, 5.41) is 0.757. The number of hydrogen-bond acceptors (Lipinski definition) is 3. The summed E-state index contributed by atoms with van der Waals surface area (Å²) in [5.41, 5.74) is 1.72. The standard InChI is InChI=1S/C11H11NO3S/c1-8-3-4-11-9(5-8)6-10(7-13)12(11)16(2,14)15/h3-7H,1-2H3. The normalized spacial score (nSPS) is 11.9. The second-order valence-corrected chi connectivity index (χ2v) is 5.61. The molecule has 2 aromatic rings. The minimum atomic E-state index is -3.46. The van der Waals surface area contributed by atoms with E-state index in [1.54, 1.807) is 12.1 Å². The van der Waals surface area contributed by atoms with Gasteiger partial charge in [-0.15, -0.1) is 0 Å². The Labute approximate surface area is 93.5 Å². The van der Waals surface area contributed by atoms with Crippen molar-refractivity contribution < 1.29 is 13.2 Å². The molecule has 0 aliphatic rings. The zero-order valence-electron chi connectivity index (χ0n) is 8.97. The topological polar surface area (TPSA) is 56.1 Å². The molecule has 0 aliphatic heterocycles. The van der Waals surface area contributed by atoms with Gasteiger partial charge in [0.05, 0.1) is 17.5 Å². The number of carbonyl (C=O) groups excluding carboxylic acids is 1. The van der Waals surface area contributed by atoms with E-state index >= 15 is 0 Å². The maximum atomic E-state index is 11.6. The van der Waals surface area contributed by atoms with Gasteiger partial charge < -0.3 is 0 Å². The van der Waals surface area contributed by atoms with Gasteiger partial charge in [0.1, 0.15) is 0 Å². The number of rotatable bonds is 2. The molecule has 0 atom stereocenters. The molecule has 84 valence electrons. The largest absolute Gasteiger partial charge is 0.296 e. The summed E-state index contributed by atoms with van der Waals surface area (Å²) < 4.78 is 24.2. The van der Waals surface area contributed by atoms with Gasteiger partial charge in [0, 0.05) is 5.39 Å². The first-order valence-corrected chi connectivity index (χ1v) is 6.56. The van der Waals surface area contributed by atoms with Gasteiger partial charge in [-0.05, 0) is 25.1 Å². The first kappa shape index (κ1) is 10.9. The van der Waals surface area contributed by atoms with Gasteiger partial charge in [0.2, 0.25) is 10.0 Å². The Hall–Kier alpha value is -1.62. The first-order chi connectivity index (χ1) is 7.43. The minimum Gasteiger partial charge on any atom is -0.296 e. The van der Waals surface area contributed by atoms with Crippen LogP contribution in [0.15, 0.2) is 24.3 Å². The third-order valence-electron chi connectivity index (χ3n) is 2.39. The van der Waals surface area contributed by atoms with E-state index in [4.69, 9.17) is 0 Å². The van der Waals surface area contributed by atoms with Gasteiger partial charge in [-0.1, -0.05) is 11.6 Å². The molecule has 1 aromatic carbocycles. The monoisotopic (exact) mass is 237 g/mol. The summed E-state index contributed by atoms with van der Waals surface area (Å²) in [7, 11) is -3.46. The van der Waals surface area contributed by atoms with Gasteiger partial charge in [-0.2, -0.15) is 0 Å². The molecule has 0 aliphatic carbocycles. The van der Waals surface area contributed by atoms with E-state index in [-0.39, 0.29) is 5.69 Å². The smallest absolute Gasteiger partial charge is 0.236 e.